The zero-order valence-electron chi connectivity index (χ0n) is 11.6. The van der Waals surface area contributed by atoms with E-state index in [0.29, 0.717) is 5.82 Å². The van der Waals surface area contributed by atoms with Crippen LogP contribution in [0, 0.1) is 6.92 Å². The summed E-state index contributed by atoms with van der Waals surface area (Å²) in [5.41, 5.74) is 2.74. The Bertz CT molecular complexity index is 769. The standard InChI is InChI=1S/C16H14N2O2S/c1-11-13-4-2-3-5-14(13)18-15(17-11)9-20-16(19)8-12-6-7-21-10-12/h2-7,10H,8-9H2,1H3. The summed E-state index contributed by atoms with van der Waals surface area (Å²) in [6.45, 7) is 2.04. The molecule has 0 spiro atoms. The highest BCUT2D eigenvalue weighted by Gasteiger charge is 2.08. The molecule has 0 bridgehead atoms. The Hall–Kier alpha value is -2.27. The molecule has 2 heterocycles. The van der Waals surface area contributed by atoms with E-state index in [1.807, 2.05) is 48.0 Å². The molecule has 0 aliphatic rings. The lowest BCUT2D eigenvalue weighted by Gasteiger charge is -2.06. The first-order valence-electron chi connectivity index (χ1n) is 6.61. The van der Waals surface area contributed by atoms with Crippen molar-refractivity contribution in [2.45, 2.75) is 20.0 Å². The third-order valence-electron chi connectivity index (χ3n) is 3.13. The molecular formula is C16H14N2O2S. The molecule has 0 N–H and O–H groups in total. The predicted octanol–water partition coefficient (Wildman–Crippen LogP) is 3.29. The maximum atomic E-state index is 11.8. The predicted molar refractivity (Wildman–Crippen MR) is 82.1 cm³/mol. The maximum absolute atomic E-state index is 11.8. The third kappa shape index (κ3) is 3.25. The molecule has 3 aromatic rings. The van der Waals surface area contributed by atoms with Crippen molar-refractivity contribution in [2.75, 3.05) is 0 Å². The summed E-state index contributed by atoms with van der Waals surface area (Å²) in [6.07, 6.45) is 0.288. The topological polar surface area (TPSA) is 52.1 Å². The number of hydrogen-bond donors (Lipinski definition) is 0. The quantitative estimate of drug-likeness (QED) is 0.694. The molecule has 0 fully saturated rings. The average molecular weight is 298 g/mol. The lowest BCUT2D eigenvalue weighted by molar-refractivity contribution is -0.144. The first-order valence-corrected chi connectivity index (χ1v) is 7.55. The van der Waals surface area contributed by atoms with Crippen molar-refractivity contribution in [3.63, 3.8) is 0 Å². The van der Waals surface area contributed by atoms with Gasteiger partial charge in [-0.1, -0.05) is 18.2 Å². The van der Waals surface area contributed by atoms with Crippen molar-refractivity contribution in [1.29, 1.82) is 0 Å². The fourth-order valence-electron chi connectivity index (χ4n) is 2.12. The number of esters is 1. The SMILES string of the molecule is Cc1nc(COC(=O)Cc2ccsc2)nc2ccccc12. The second-order valence-electron chi connectivity index (χ2n) is 4.71. The van der Waals surface area contributed by atoms with Crippen LogP contribution in [-0.2, 0) is 22.6 Å². The Morgan fingerprint density at radius 2 is 2.10 bits per heavy atom. The number of aromatic nitrogens is 2. The fraction of sp³-hybridized carbons (Fsp3) is 0.188. The van der Waals surface area contributed by atoms with E-state index in [-0.39, 0.29) is 19.0 Å². The van der Waals surface area contributed by atoms with Crippen LogP contribution in [0.3, 0.4) is 0 Å². The van der Waals surface area contributed by atoms with Gasteiger partial charge in [0, 0.05) is 11.1 Å². The molecule has 0 amide bonds. The van der Waals surface area contributed by atoms with E-state index < -0.39 is 0 Å². The smallest absolute Gasteiger partial charge is 0.310 e. The number of thiophene rings is 1. The summed E-state index contributed by atoms with van der Waals surface area (Å²) in [4.78, 5) is 20.6. The van der Waals surface area contributed by atoms with Crippen LogP contribution in [0.1, 0.15) is 17.1 Å². The summed E-state index contributed by atoms with van der Waals surface area (Å²) < 4.78 is 5.25. The summed E-state index contributed by atoms with van der Waals surface area (Å²) in [5, 5.41) is 4.90. The Morgan fingerprint density at radius 1 is 1.24 bits per heavy atom. The van der Waals surface area contributed by atoms with E-state index in [2.05, 4.69) is 9.97 Å². The lowest BCUT2D eigenvalue weighted by atomic mass is 10.2. The summed E-state index contributed by atoms with van der Waals surface area (Å²) in [7, 11) is 0. The molecule has 21 heavy (non-hydrogen) atoms. The van der Waals surface area contributed by atoms with Crippen molar-refractivity contribution in [3.8, 4) is 0 Å². The number of benzene rings is 1. The highest BCUT2D eigenvalue weighted by Crippen LogP contribution is 2.15. The summed E-state index contributed by atoms with van der Waals surface area (Å²) in [6, 6.07) is 9.72. The molecule has 2 aromatic heterocycles. The highest BCUT2D eigenvalue weighted by molar-refractivity contribution is 7.07. The van der Waals surface area contributed by atoms with Crippen LogP contribution in [0.4, 0.5) is 0 Å². The minimum Gasteiger partial charge on any atom is -0.457 e. The fourth-order valence-corrected chi connectivity index (χ4v) is 2.78. The monoisotopic (exact) mass is 298 g/mol. The number of rotatable bonds is 4. The highest BCUT2D eigenvalue weighted by atomic mass is 32.1. The number of nitrogens with zero attached hydrogens (tertiary/aromatic N) is 2. The first-order chi connectivity index (χ1) is 10.2. The van der Waals surface area contributed by atoms with Gasteiger partial charge in [-0.2, -0.15) is 11.3 Å². The molecule has 0 aliphatic carbocycles. The van der Waals surface area contributed by atoms with Gasteiger partial charge in [-0.3, -0.25) is 4.79 Å². The van der Waals surface area contributed by atoms with E-state index in [1.165, 1.54) is 0 Å². The number of carbonyl (C=O) groups excluding carboxylic acids is 1. The van der Waals surface area contributed by atoms with Crippen molar-refractivity contribution < 1.29 is 9.53 Å². The van der Waals surface area contributed by atoms with E-state index >= 15 is 0 Å². The van der Waals surface area contributed by atoms with Crippen molar-refractivity contribution in [3.05, 3.63) is 58.2 Å². The number of para-hydroxylation sites is 1. The molecule has 4 nitrogen and oxygen atoms in total. The molecule has 0 saturated heterocycles. The van der Waals surface area contributed by atoms with Crippen LogP contribution < -0.4 is 0 Å². The molecule has 0 atom stereocenters. The summed E-state index contributed by atoms with van der Waals surface area (Å²) >= 11 is 1.57. The second-order valence-corrected chi connectivity index (χ2v) is 5.49. The number of ether oxygens (including phenoxy) is 1. The van der Waals surface area contributed by atoms with Crippen LogP contribution in [0.15, 0.2) is 41.1 Å². The minimum atomic E-state index is -0.261. The van der Waals surface area contributed by atoms with Gasteiger partial charge in [0.1, 0.15) is 0 Å². The van der Waals surface area contributed by atoms with Gasteiger partial charge in [-0.15, -0.1) is 0 Å². The molecular weight excluding hydrogens is 284 g/mol. The molecule has 0 radical (unpaired) electrons. The minimum absolute atomic E-state index is 0.106. The van der Waals surface area contributed by atoms with Crippen LogP contribution in [0.5, 0.6) is 0 Å². The number of hydrogen-bond acceptors (Lipinski definition) is 5. The Balaban J connectivity index is 1.69. The molecule has 0 aliphatic heterocycles. The van der Waals surface area contributed by atoms with E-state index in [1.54, 1.807) is 11.3 Å². The summed E-state index contributed by atoms with van der Waals surface area (Å²) in [5.74, 6) is 0.271. The van der Waals surface area contributed by atoms with Gasteiger partial charge in [0.2, 0.25) is 0 Å². The molecule has 5 heteroatoms. The van der Waals surface area contributed by atoms with E-state index in [4.69, 9.17) is 4.74 Å². The molecule has 1 aromatic carbocycles. The second kappa shape index (κ2) is 6.01. The zero-order valence-corrected chi connectivity index (χ0v) is 12.4. The van der Waals surface area contributed by atoms with Gasteiger partial charge < -0.3 is 4.74 Å². The van der Waals surface area contributed by atoms with Crippen LogP contribution in [0.25, 0.3) is 10.9 Å². The van der Waals surface area contributed by atoms with Gasteiger partial charge >= 0.3 is 5.97 Å². The van der Waals surface area contributed by atoms with Crippen LogP contribution >= 0.6 is 11.3 Å². The van der Waals surface area contributed by atoms with Gasteiger partial charge in [-0.05, 0) is 35.4 Å². The molecule has 106 valence electrons. The van der Waals surface area contributed by atoms with Gasteiger partial charge in [0.25, 0.3) is 0 Å². The van der Waals surface area contributed by atoms with Crippen molar-refractivity contribution in [1.82, 2.24) is 9.97 Å². The average Bonchev–Trinajstić information content (AvgIpc) is 2.98. The zero-order chi connectivity index (χ0) is 14.7. The first kappa shape index (κ1) is 13.7. The number of fused-ring (bicyclic) bond motifs is 1. The van der Waals surface area contributed by atoms with Crippen LogP contribution in [0.2, 0.25) is 0 Å². The van der Waals surface area contributed by atoms with Crippen molar-refractivity contribution in [2.24, 2.45) is 0 Å². The Kier molecular flexibility index (Phi) is 3.92. The molecule has 0 saturated carbocycles. The normalized spacial score (nSPS) is 10.7. The lowest BCUT2D eigenvalue weighted by Crippen LogP contribution is -2.09. The number of aryl methyl sites for hydroxylation is 1. The van der Waals surface area contributed by atoms with Crippen molar-refractivity contribution >= 4 is 28.2 Å². The Labute approximate surface area is 126 Å². The molecule has 3 rings (SSSR count). The third-order valence-corrected chi connectivity index (χ3v) is 3.86. The largest absolute Gasteiger partial charge is 0.457 e. The maximum Gasteiger partial charge on any atom is 0.310 e. The van der Waals surface area contributed by atoms with Gasteiger partial charge in [-0.25, -0.2) is 9.97 Å². The van der Waals surface area contributed by atoms with Gasteiger partial charge in [0.05, 0.1) is 11.9 Å². The van der Waals surface area contributed by atoms with E-state index in [9.17, 15) is 4.79 Å². The number of carbonyl (C=O) groups is 1. The van der Waals surface area contributed by atoms with Gasteiger partial charge in [0.15, 0.2) is 12.4 Å². The Morgan fingerprint density at radius 3 is 2.90 bits per heavy atom. The van der Waals surface area contributed by atoms with E-state index in [0.717, 1.165) is 22.2 Å². The van der Waals surface area contributed by atoms with Crippen LogP contribution in [-0.4, -0.2) is 15.9 Å². The molecule has 0 unspecified atom stereocenters.